The van der Waals surface area contributed by atoms with E-state index in [0.717, 1.165) is 17.4 Å². The van der Waals surface area contributed by atoms with Crippen LogP contribution in [-0.2, 0) is 19.6 Å². The molecule has 2 aromatic carbocycles. The molecule has 0 spiro atoms. The van der Waals surface area contributed by atoms with E-state index in [1.807, 2.05) is 6.92 Å². The number of aryl methyl sites for hydroxylation is 2. The molecule has 0 aliphatic heterocycles. The summed E-state index contributed by atoms with van der Waals surface area (Å²) in [5.74, 6) is -0.737. The zero-order chi connectivity index (χ0) is 23.2. The first-order chi connectivity index (χ1) is 14.5. The average molecular weight is 467 g/mol. The lowest BCUT2D eigenvalue weighted by molar-refractivity contribution is -0.116. The van der Waals surface area contributed by atoms with Gasteiger partial charge in [0.15, 0.2) is 0 Å². The van der Waals surface area contributed by atoms with E-state index >= 15 is 0 Å². The SMILES string of the molecule is CCOC(=O)c1ccc(C)c(NC(=O)CCCN(c2cc(Cl)ccc2C)S(C)(=O)=O)c1. The van der Waals surface area contributed by atoms with Crippen LogP contribution in [0.25, 0.3) is 0 Å². The molecule has 0 bridgehead atoms. The van der Waals surface area contributed by atoms with Gasteiger partial charge in [-0.2, -0.15) is 0 Å². The van der Waals surface area contributed by atoms with Crippen molar-refractivity contribution in [3.63, 3.8) is 0 Å². The number of benzene rings is 2. The maximum absolute atomic E-state index is 12.4. The second kappa shape index (κ2) is 10.6. The van der Waals surface area contributed by atoms with Gasteiger partial charge in [-0.15, -0.1) is 0 Å². The van der Waals surface area contributed by atoms with Gasteiger partial charge < -0.3 is 10.1 Å². The molecule has 2 rings (SSSR count). The third-order valence-corrected chi connectivity index (χ3v) is 6.04. The fourth-order valence-corrected chi connectivity index (χ4v) is 4.19. The van der Waals surface area contributed by atoms with Crippen molar-refractivity contribution in [3.05, 3.63) is 58.1 Å². The Balaban J connectivity index is 2.06. The molecule has 0 saturated carbocycles. The van der Waals surface area contributed by atoms with Crippen molar-refractivity contribution in [1.82, 2.24) is 0 Å². The molecule has 7 nitrogen and oxygen atoms in total. The number of carbonyl (C=O) groups excluding carboxylic acids is 2. The molecule has 0 aromatic heterocycles. The minimum atomic E-state index is -3.55. The third-order valence-electron chi connectivity index (χ3n) is 4.63. The van der Waals surface area contributed by atoms with Gasteiger partial charge in [-0.1, -0.05) is 23.7 Å². The first-order valence-electron chi connectivity index (χ1n) is 9.84. The quantitative estimate of drug-likeness (QED) is 0.555. The largest absolute Gasteiger partial charge is 0.462 e. The van der Waals surface area contributed by atoms with E-state index in [2.05, 4.69) is 5.32 Å². The van der Waals surface area contributed by atoms with Crippen LogP contribution in [0.2, 0.25) is 5.02 Å². The first-order valence-corrected chi connectivity index (χ1v) is 12.1. The Morgan fingerprint density at radius 1 is 1.10 bits per heavy atom. The number of rotatable bonds is 9. The molecule has 0 radical (unpaired) electrons. The molecule has 1 N–H and O–H groups in total. The van der Waals surface area contributed by atoms with Gasteiger partial charge in [0.2, 0.25) is 15.9 Å². The van der Waals surface area contributed by atoms with Crippen LogP contribution in [0.15, 0.2) is 36.4 Å². The molecule has 2 aromatic rings. The highest BCUT2D eigenvalue weighted by Crippen LogP contribution is 2.27. The monoisotopic (exact) mass is 466 g/mol. The van der Waals surface area contributed by atoms with Crippen molar-refractivity contribution in [2.75, 3.05) is 29.0 Å². The van der Waals surface area contributed by atoms with Gasteiger partial charge in [0.05, 0.1) is 24.1 Å². The van der Waals surface area contributed by atoms with Gasteiger partial charge in [0, 0.05) is 23.7 Å². The molecule has 0 aliphatic carbocycles. The molecule has 0 saturated heterocycles. The Morgan fingerprint density at radius 3 is 2.42 bits per heavy atom. The molecule has 31 heavy (non-hydrogen) atoms. The van der Waals surface area contributed by atoms with Gasteiger partial charge in [-0.05, 0) is 62.6 Å². The number of hydrogen-bond acceptors (Lipinski definition) is 5. The number of carbonyl (C=O) groups is 2. The summed E-state index contributed by atoms with van der Waals surface area (Å²) in [6, 6.07) is 9.99. The van der Waals surface area contributed by atoms with Crippen LogP contribution in [-0.4, -0.2) is 39.7 Å². The van der Waals surface area contributed by atoms with Crippen LogP contribution in [0.3, 0.4) is 0 Å². The molecule has 9 heteroatoms. The minimum absolute atomic E-state index is 0.106. The van der Waals surface area contributed by atoms with E-state index in [1.165, 1.54) is 4.31 Å². The number of nitrogens with one attached hydrogen (secondary N) is 1. The molecule has 0 aliphatic rings. The van der Waals surface area contributed by atoms with E-state index in [1.54, 1.807) is 50.2 Å². The van der Waals surface area contributed by atoms with Crippen molar-refractivity contribution >= 4 is 44.9 Å². The fourth-order valence-electron chi connectivity index (χ4n) is 3.01. The molecular weight excluding hydrogens is 440 g/mol. The highest BCUT2D eigenvalue weighted by Gasteiger charge is 2.20. The molecule has 168 valence electrons. The topological polar surface area (TPSA) is 92.8 Å². The van der Waals surface area contributed by atoms with E-state index in [0.29, 0.717) is 28.4 Å². The summed E-state index contributed by atoms with van der Waals surface area (Å²) in [6.45, 7) is 5.74. The molecule has 0 fully saturated rings. The second-order valence-corrected chi connectivity index (χ2v) is 9.51. The normalized spacial score (nSPS) is 11.1. The fraction of sp³-hybridized carbons (Fsp3) is 0.364. The number of anilines is 2. The molecule has 0 heterocycles. The second-order valence-electron chi connectivity index (χ2n) is 7.17. The Labute approximate surface area is 188 Å². The third kappa shape index (κ3) is 6.97. The van der Waals surface area contributed by atoms with Crippen molar-refractivity contribution in [1.29, 1.82) is 0 Å². The summed E-state index contributed by atoms with van der Waals surface area (Å²) in [7, 11) is -3.55. The lowest BCUT2D eigenvalue weighted by Crippen LogP contribution is -2.32. The maximum Gasteiger partial charge on any atom is 0.338 e. The molecule has 0 unspecified atom stereocenters. The Morgan fingerprint density at radius 2 is 1.77 bits per heavy atom. The average Bonchev–Trinajstić information content (AvgIpc) is 2.68. The summed E-state index contributed by atoms with van der Waals surface area (Å²) >= 11 is 6.04. The number of halogens is 1. The van der Waals surface area contributed by atoms with Crippen LogP contribution in [0.4, 0.5) is 11.4 Å². The first kappa shape index (κ1) is 24.7. The van der Waals surface area contributed by atoms with Crippen LogP contribution in [0.5, 0.6) is 0 Å². The lowest BCUT2D eigenvalue weighted by Gasteiger charge is -2.24. The van der Waals surface area contributed by atoms with Gasteiger partial charge in [-0.3, -0.25) is 9.10 Å². The van der Waals surface area contributed by atoms with Crippen molar-refractivity contribution in [2.45, 2.75) is 33.6 Å². The number of sulfonamides is 1. The van der Waals surface area contributed by atoms with E-state index in [-0.39, 0.29) is 25.5 Å². The summed E-state index contributed by atoms with van der Waals surface area (Å²) in [5, 5.41) is 3.22. The maximum atomic E-state index is 12.4. The predicted molar refractivity (Wildman–Crippen MR) is 123 cm³/mol. The smallest absolute Gasteiger partial charge is 0.338 e. The van der Waals surface area contributed by atoms with Gasteiger partial charge in [0.1, 0.15) is 0 Å². The van der Waals surface area contributed by atoms with Crippen molar-refractivity contribution in [3.8, 4) is 0 Å². The summed E-state index contributed by atoms with van der Waals surface area (Å²) in [5.41, 5.74) is 2.93. The highest BCUT2D eigenvalue weighted by molar-refractivity contribution is 7.92. The number of hydrogen-bond donors (Lipinski definition) is 1. The predicted octanol–water partition coefficient (Wildman–Crippen LogP) is 4.32. The van der Waals surface area contributed by atoms with Gasteiger partial charge in [-0.25, -0.2) is 13.2 Å². The van der Waals surface area contributed by atoms with E-state index < -0.39 is 16.0 Å². The summed E-state index contributed by atoms with van der Waals surface area (Å²) in [6.07, 6.45) is 1.54. The molecule has 1 amide bonds. The summed E-state index contributed by atoms with van der Waals surface area (Å²) < 4.78 is 30.8. The van der Waals surface area contributed by atoms with Crippen LogP contribution in [0.1, 0.15) is 41.3 Å². The number of amides is 1. The van der Waals surface area contributed by atoms with Gasteiger partial charge in [0.25, 0.3) is 0 Å². The van der Waals surface area contributed by atoms with Crippen LogP contribution >= 0.6 is 11.6 Å². The van der Waals surface area contributed by atoms with E-state index in [4.69, 9.17) is 16.3 Å². The zero-order valence-corrected chi connectivity index (χ0v) is 19.6. The number of nitrogens with zero attached hydrogens (tertiary/aromatic N) is 1. The van der Waals surface area contributed by atoms with Crippen molar-refractivity contribution in [2.24, 2.45) is 0 Å². The Hall–Kier alpha value is -2.58. The number of ether oxygens (including phenoxy) is 1. The van der Waals surface area contributed by atoms with Crippen LogP contribution < -0.4 is 9.62 Å². The van der Waals surface area contributed by atoms with Crippen molar-refractivity contribution < 1.29 is 22.7 Å². The Kier molecular flexibility index (Phi) is 8.47. The molecular formula is C22H27ClN2O5S. The number of esters is 1. The Bertz CT molecular complexity index is 1070. The zero-order valence-electron chi connectivity index (χ0n) is 18.1. The summed E-state index contributed by atoms with van der Waals surface area (Å²) in [4.78, 5) is 24.4. The van der Waals surface area contributed by atoms with Gasteiger partial charge >= 0.3 is 5.97 Å². The highest BCUT2D eigenvalue weighted by atomic mass is 35.5. The lowest BCUT2D eigenvalue weighted by atomic mass is 10.1. The standard InChI is InChI=1S/C22H27ClN2O5S/c1-5-30-22(27)17-10-8-15(2)19(13-17)24-21(26)7-6-12-25(31(4,28)29)20-14-18(23)11-9-16(20)3/h8-11,13-14H,5-7,12H2,1-4H3,(H,24,26). The molecule has 0 atom stereocenters. The minimum Gasteiger partial charge on any atom is -0.462 e. The van der Waals surface area contributed by atoms with Crippen LogP contribution in [0, 0.1) is 13.8 Å². The van der Waals surface area contributed by atoms with E-state index in [9.17, 15) is 18.0 Å².